The van der Waals surface area contributed by atoms with Crippen LogP contribution in [0.15, 0.2) is 50.5 Å². The number of anilines is 1. The highest BCUT2D eigenvalue weighted by Gasteiger charge is 2.20. The van der Waals surface area contributed by atoms with Crippen molar-refractivity contribution in [2.24, 2.45) is 7.05 Å². The third-order valence-corrected chi connectivity index (χ3v) is 5.72. The SMILES string of the molecule is Cc1cc2c(cc1S(=O)(=O)Nc1ccc(I)cc1)oc(=O)n2C. The standard InChI is InChI=1S/C15H13IN2O4S/c1-9-7-12-13(22-15(19)18(12)2)8-14(9)23(20,21)17-11-5-3-10(16)4-6-11/h3-8,17H,1-2H3. The van der Waals surface area contributed by atoms with Crippen molar-refractivity contribution in [3.8, 4) is 0 Å². The molecule has 0 aliphatic carbocycles. The Morgan fingerprint density at radius 3 is 2.48 bits per heavy atom. The Morgan fingerprint density at radius 2 is 1.83 bits per heavy atom. The van der Waals surface area contributed by atoms with Gasteiger partial charge in [-0.1, -0.05) is 0 Å². The predicted octanol–water partition coefficient (Wildman–Crippen LogP) is 2.85. The summed E-state index contributed by atoms with van der Waals surface area (Å²) >= 11 is 2.14. The third kappa shape index (κ3) is 3.00. The van der Waals surface area contributed by atoms with Gasteiger partial charge in [0.15, 0.2) is 5.58 Å². The van der Waals surface area contributed by atoms with E-state index >= 15 is 0 Å². The van der Waals surface area contributed by atoms with Gasteiger partial charge in [0.1, 0.15) is 0 Å². The predicted molar refractivity (Wildman–Crippen MR) is 96.2 cm³/mol. The molecule has 2 aromatic carbocycles. The van der Waals surface area contributed by atoms with Crippen LogP contribution >= 0.6 is 22.6 Å². The Morgan fingerprint density at radius 1 is 1.17 bits per heavy atom. The Kier molecular flexibility index (Phi) is 3.96. The van der Waals surface area contributed by atoms with E-state index in [0.29, 0.717) is 16.8 Å². The molecule has 0 aliphatic heterocycles. The number of sulfonamides is 1. The van der Waals surface area contributed by atoms with Crippen LogP contribution in [0, 0.1) is 10.5 Å². The van der Waals surface area contributed by atoms with Crippen molar-refractivity contribution in [3.63, 3.8) is 0 Å². The summed E-state index contributed by atoms with van der Waals surface area (Å²) in [5, 5.41) is 0. The summed E-state index contributed by atoms with van der Waals surface area (Å²) in [7, 11) is -2.20. The van der Waals surface area contributed by atoms with Gasteiger partial charge in [0.05, 0.1) is 10.4 Å². The van der Waals surface area contributed by atoms with Crippen molar-refractivity contribution < 1.29 is 12.8 Å². The molecule has 0 saturated carbocycles. The summed E-state index contributed by atoms with van der Waals surface area (Å²) in [4.78, 5) is 11.6. The number of halogens is 1. The minimum atomic E-state index is -3.78. The lowest BCUT2D eigenvalue weighted by Crippen LogP contribution is -2.14. The van der Waals surface area contributed by atoms with Crippen molar-refractivity contribution in [3.05, 3.63) is 56.1 Å². The van der Waals surface area contributed by atoms with Crippen LogP contribution in [0.2, 0.25) is 0 Å². The van der Waals surface area contributed by atoms with E-state index in [9.17, 15) is 13.2 Å². The molecule has 1 aromatic heterocycles. The number of aryl methyl sites for hydroxylation is 2. The average Bonchev–Trinajstić information content (AvgIpc) is 2.76. The first-order valence-corrected chi connectivity index (χ1v) is 9.23. The number of aromatic nitrogens is 1. The van der Waals surface area contributed by atoms with Gasteiger partial charge in [-0.3, -0.25) is 9.29 Å². The van der Waals surface area contributed by atoms with Crippen molar-refractivity contribution in [1.82, 2.24) is 4.57 Å². The van der Waals surface area contributed by atoms with E-state index in [2.05, 4.69) is 27.3 Å². The molecule has 23 heavy (non-hydrogen) atoms. The van der Waals surface area contributed by atoms with Crippen LogP contribution < -0.4 is 10.5 Å². The largest absolute Gasteiger partial charge is 0.419 e. The normalized spacial score (nSPS) is 11.8. The minimum Gasteiger partial charge on any atom is -0.408 e. The second kappa shape index (κ2) is 5.68. The van der Waals surface area contributed by atoms with Crippen LogP contribution in [0.25, 0.3) is 11.1 Å². The molecular formula is C15H13IN2O4S. The van der Waals surface area contributed by atoms with Gasteiger partial charge < -0.3 is 4.42 Å². The minimum absolute atomic E-state index is 0.0814. The maximum Gasteiger partial charge on any atom is 0.419 e. The molecule has 8 heteroatoms. The number of nitrogens with one attached hydrogen (secondary N) is 1. The second-order valence-electron chi connectivity index (χ2n) is 5.12. The molecule has 0 atom stereocenters. The van der Waals surface area contributed by atoms with Crippen molar-refractivity contribution >= 4 is 49.4 Å². The quantitative estimate of drug-likeness (QED) is 0.631. The summed E-state index contributed by atoms with van der Waals surface area (Å²) < 4.78 is 35.2. The second-order valence-corrected chi connectivity index (χ2v) is 8.02. The zero-order chi connectivity index (χ0) is 16.8. The Balaban J connectivity index is 2.09. The average molecular weight is 444 g/mol. The zero-order valence-corrected chi connectivity index (χ0v) is 15.3. The molecule has 1 N–H and O–H groups in total. The third-order valence-electron chi connectivity index (χ3n) is 3.47. The van der Waals surface area contributed by atoms with Crippen molar-refractivity contribution in [2.75, 3.05) is 4.72 Å². The Labute approximate surface area is 146 Å². The molecule has 3 aromatic rings. The molecule has 0 saturated heterocycles. The van der Waals surface area contributed by atoms with Gasteiger partial charge in [0.2, 0.25) is 0 Å². The van der Waals surface area contributed by atoms with E-state index in [1.807, 2.05) is 12.1 Å². The van der Waals surface area contributed by atoms with E-state index < -0.39 is 15.8 Å². The fraction of sp³-hybridized carbons (Fsp3) is 0.133. The van der Waals surface area contributed by atoms with E-state index in [0.717, 1.165) is 3.57 Å². The molecule has 120 valence electrons. The van der Waals surface area contributed by atoms with Gasteiger partial charge in [-0.25, -0.2) is 13.2 Å². The first kappa shape index (κ1) is 16.1. The van der Waals surface area contributed by atoms with Crippen LogP contribution in [0.5, 0.6) is 0 Å². The number of hydrogen-bond acceptors (Lipinski definition) is 4. The van der Waals surface area contributed by atoms with Gasteiger partial charge in [-0.05, 0) is 65.4 Å². The van der Waals surface area contributed by atoms with Gasteiger partial charge in [0.25, 0.3) is 10.0 Å². The molecule has 0 aliphatic rings. The number of rotatable bonds is 3. The number of oxazole rings is 1. The number of benzene rings is 2. The summed E-state index contributed by atoms with van der Waals surface area (Å²) in [5.41, 5.74) is 1.80. The molecular weight excluding hydrogens is 431 g/mol. The highest BCUT2D eigenvalue weighted by atomic mass is 127. The van der Waals surface area contributed by atoms with Gasteiger partial charge in [0, 0.05) is 22.4 Å². The lowest BCUT2D eigenvalue weighted by Gasteiger charge is -2.10. The summed E-state index contributed by atoms with van der Waals surface area (Å²) in [6.45, 7) is 1.68. The number of fused-ring (bicyclic) bond motifs is 1. The van der Waals surface area contributed by atoms with E-state index in [-0.39, 0.29) is 10.5 Å². The van der Waals surface area contributed by atoms with Crippen LogP contribution in [0.4, 0.5) is 5.69 Å². The Bertz CT molecular complexity index is 1050. The maximum absolute atomic E-state index is 12.6. The molecule has 6 nitrogen and oxygen atoms in total. The smallest absolute Gasteiger partial charge is 0.408 e. The summed E-state index contributed by atoms with van der Waals surface area (Å²) in [6.07, 6.45) is 0. The number of nitrogens with zero attached hydrogens (tertiary/aromatic N) is 1. The zero-order valence-electron chi connectivity index (χ0n) is 12.3. The molecule has 0 bridgehead atoms. The van der Waals surface area contributed by atoms with Gasteiger partial charge in [-0.15, -0.1) is 0 Å². The molecule has 0 radical (unpaired) electrons. The molecule has 0 fully saturated rings. The maximum atomic E-state index is 12.6. The fourth-order valence-electron chi connectivity index (χ4n) is 2.28. The van der Waals surface area contributed by atoms with E-state index in [1.54, 1.807) is 32.2 Å². The van der Waals surface area contributed by atoms with Crippen LogP contribution in [0.3, 0.4) is 0 Å². The van der Waals surface area contributed by atoms with Gasteiger partial charge >= 0.3 is 5.76 Å². The highest BCUT2D eigenvalue weighted by Crippen LogP contribution is 2.24. The summed E-state index contributed by atoms with van der Waals surface area (Å²) in [6, 6.07) is 10.0. The number of hydrogen-bond donors (Lipinski definition) is 1. The summed E-state index contributed by atoms with van der Waals surface area (Å²) in [5.74, 6) is -0.528. The van der Waals surface area contributed by atoms with Crippen LogP contribution in [-0.2, 0) is 17.1 Å². The first-order valence-electron chi connectivity index (χ1n) is 6.66. The first-order chi connectivity index (χ1) is 10.8. The monoisotopic (exact) mass is 444 g/mol. The van der Waals surface area contributed by atoms with Gasteiger partial charge in [-0.2, -0.15) is 0 Å². The van der Waals surface area contributed by atoms with Crippen molar-refractivity contribution in [2.45, 2.75) is 11.8 Å². The fourth-order valence-corrected chi connectivity index (χ4v) is 3.94. The molecule has 0 amide bonds. The lowest BCUT2D eigenvalue weighted by atomic mass is 10.2. The molecule has 3 rings (SSSR count). The highest BCUT2D eigenvalue weighted by molar-refractivity contribution is 14.1. The van der Waals surface area contributed by atoms with Crippen LogP contribution in [0.1, 0.15) is 5.56 Å². The molecule has 1 heterocycles. The van der Waals surface area contributed by atoms with Crippen LogP contribution in [-0.4, -0.2) is 13.0 Å². The van der Waals surface area contributed by atoms with E-state index in [1.165, 1.54) is 10.6 Å². The Hall–Kier alpha value is -1.81. The van der Waals surface area contributed by atoms with Crippen molar-refractivity contribution in [1.29, 1.82) is 0 Å². The lowest BCUT2D eigenvalue weighted by molar-refractivity contribution is 0.527. The van der Waals surface area contributed by atoms with E-state index in [4.69, 9.17) is 4.42 Å². The topological polar surface area (TPSA) is 81.3 Å². The molecule has 0 unspecified atom stereocenters. The molecule has 0 spiro atoms.